The number of halogens is 4. The van der Waals surface area contributed by atoms with Crippen LogP contribution in [-0.4, -0.2) is 9.97 Å². The van der Waals surface area contributed by atoms with Crippen molar-refractivity contribution in [2.75, 3.05) is 5.32 Å². The Morgan fingerprint density at radius 3 is 2.70 bits per heavy atom. The first-order valence-electron chi connectivity index (χ1n) is 5.47. The van der Waals surface area contributed by atoms with E-state index < -0.39 is 17.3 Å². The monoisotopic (exact) mass is 347 g/mol. The molecule has 4 nitrogen and oxygen atoms in total. The molecule has 106 valence electrons. The Labute approximate surface area is 120 Å². The molecule has 0 radical (unpaired) electrons. The predicted molar refractivity (Wildman–Crippen MR) is 72.0 cm³/mol. The van der Waals surface area contributed by atoms with Gasteiger partial charge in [0.25, 0.3) is 5.56 Å². The van der Waals surface area contributed by atoms with Crippen molar-refractivity contribution in [2.45, 2.75) is 13.1 Å². The van der Waals surface area contributed by atoms with Crippen LogP contribution in [0.4, 0.5) is 24.7 Å². The molecule has 0 saturated carbocycles. The topological polar surface area (TPSA) is 57.8 Å². The van der Waals surface area contributed by atoms with E-state index in [1.165, 1.54) is 12.4 Å². The van der Waals surface area contributed by atoms with Crippen molar-refractivity contribution in [3.05, 3.63) is 50.5 Å². The molecule has 8 heteroatoms. The number of hydrogen-bond donors (Lipinski definition) is 2. The summed E-state index contributed by atoms with van der Waals surface area (Å²) < 4.78 is 38.1. The van der Waals surface area contributed by atoms with E-state index >= 15 is 0 Å². The van der Waals surface area contributed by atoms with Gasteiger partial charge in [0.1, 0.15) is 4.47 Å². The highest BCUT2D eigenvalue weighted by atomic mass is 79.9. The van der Waals surface area contributed by atoms with Gasteiger partial charge in [0.05, 0.1) is 11.9 Å². The van der Waals surface area contributed by atoms with Gasteiger partial charge < -0.3 is 10.3 Å². The van der Waals surface area contributed by atoms with Gasteiger partial charge in [-0.05, 0) is 40.5 Å². The summed E-state index contributed by atoms with van der Waals surface area (Å²) in [6.45, 7) is 1.66. The van der Waals surface area contributed by atoms with Crippen LogP contribution in [0.2, 0.25) is 0 Å². The average Bonchev–Trinajstić information content (AvgIpc) is 2.36. The number of alkyl halides is 3. The Morgan fingerprint density at radius 1 is 1.35 bits per heavy atom. The quantitative estimate of drug-likeness (QED) is 0.872. The lowest BCUT2D eigenvalue weighted by Gasteiger charge is -2.13. The molecule has 0 fully saturated rings. The van der Waals surface area contributed by atoms with E-state index in [9.17, 15) is 18.0 Å². The summed E-state index contributed by atoms with van der Waals surface area (Å²) >= 11 is 3.03. The van der Waals surface area contributed by atoms with E-state index in [1.54, 1.807) is 6.92 Å². The van der Waals surface area contributed by atoms with Crippen molar-refractivity contribution in [3.8, 4) is 0 Å². The molecular weight excluding hydrogens is 339 g/mol. The Morgan fingerprint density at radius 2 is 2.05 bits per heavy atom. The standard InChI is InChI=1S/C12H9BrF3N3O/c1-6-2-3-7(12(14,15)16)4-8(6)19-10-9(13)11(20)18-5-17-10/h2-5H,1H3,(H2,17,18,19,20). The van der Waals surface area contributed by atoms with Crippen LogP contribution < -0.4 is 10.9 Å². The maximum atomic E-state index is 12.7. The SMILES string of the molecule is Cc1ccc(C(F)(F)F)cc1Nc1nc[nH]c(=O)c1Br. The molecule has 0 saturated heterocycles. The van der Waals surface area contributed by atoms with Crippen LogP contribution in [0, 0.1) is 6.92 Å². The molecule has 0 aliphatic carbocycles. The van der Waals surface area contributed by atoms with Gasteiger partial charge in [0.15, 0.2) is 5.82 Å². The molecule has 0 unspecified atom stereocenters. The second kappa shape index (κ2) is 5.28. The van der Waals surface area contributed by atoms with Crippen LogP contribution in [0.15, 0.2) is 33.8 Å². The third-order valence-corrected chi connectivity index (χ3v) is 3.35. The maximum absolute atomic E-state index is 12.7. The summed E-state index contributed by atoms with van der Waals surface area (Å²) in [4.78, 5) is 17.6. The second-order valence-electron chi connectivity index (χ2n) is 4.05. The van der Waals surface area contributed by atoms with Gasteiger partial charge in [-0.3, -0.25) is 4.79 Å². The molecule has 0 amide bonds. The van der Waals surface area contributed by atoms with Crippen molar-refractivity contribution in [3.63, 3.8) is 0 Å². The van der Waals surface area contributed by atoms with Gasteiger partial charge >= 0.3 is 6.18 Å². The second-order valence-corrected chi connectivity index (χ2v) is 4.84. The Bertz CT molecular complexity index is 697. The number of aryl methyl sites for hydroxylation is 1. The molecule has 1 aromatic heterocycles. The fraction of sp³-hybridized carbons (Fsp3) is 0.167. The largest absolute Gasteiger partial charge is 0.416 e. The third kappa shape index (κ3) is 3.01. The smallest absolute Gasteiger partial charge is 0.339 e. The van der Waals surface area contributed by atoms with Crippen LogP contribution in [0.25, 0.3) is 0 Å². The first-order chi connectivity index (χ1) is 9.29. The lowest BCUT2D eigenvalue weighted by Crippen LogP contribution is -2.11. The number of rotatable bonds is 2. The molecule has 2 N–H and O–H groups in total. The minimum absolute atomic E-state index is 0.122. The summed E-state index contributed by atoms with van der Waals surface area (Å²) in [6.07, 6.45) is -3.26. The van der Waals surface area contributed by atoms with Gasteiger partial charge in [0, 0.05) is 5.69 Å². The molecule has 1 heterocycles. The van der Waals surface area contributed by atoms with Crippen molar-refractivity contribution in [1.82, 2.24) is 9.97 Å². The Balaban J connectivity index is 2.43. The number of hydrogen-bond acceptors (Lipinski definition) is 3. The number of nitrogens with zero attached hydrogens (tertiary/aromatic N) is 1. The summed E-state index contributed by atoms with van der Waals surface area (Å²) in [6, 6.07) is 3.33. The molecule has 0 bridgehead atoms. The van der Waals surface area contributed by atoms with Crippen LogP contribution in [0.1, 0.15) is 11.1 Å². The summed E-state index contributed by atoms with van der Waals surface area (Å²) in [5.41, 5.74) is -0.357. The van der Waals surface area contributed by atoms with E-state index in [0.29, 0.717) is 5.56 Å². The molecular formula is C12H9BrF3N3O. The predicted octanol–water partition coefficient (Wildman–Crippen LogP) is 3.60. The normalized spacial score (nSPS) is 11.4. The van der Waals surface area contributed by atoms with E-state index in [4.69, 9.17) is 0 Å². The van der Waals surface area contributed by atoms with Gasteiger partial charge in [-0.1, -0.05) is 6.07 Å². The molecule has 1 aromatic carbocycles. The summed E-state index contributed by atoms with van der Waals surface area (Å²) in [5.74, 6) is 0.149. The molecule has 0 aliphatic heterocycles. The third-order valence-electron chi connectivity index (χ3n) is 2.61. The highest BCUT2D eigenvalue weighted by molar-refractivity contribution is 9.10. The number of aromatic amines is 1. The van der Waals surface area contributed by atoms with Crippen molar-refractivity contribution < 1.29 is 13.2 Å². The number of benzene rings is 1. The van der Waals surface area contributed by atoms with Gasteiger partial charge in [-0.2, -0.15) is 13.2 Å². The summed E-state index contributed by atoms with van der Waals surface area (Å²) in [5, 5.41) is 2.72. The molecule has 2 rings (SSSR count). The fourth-order valence-corrected chi connectivity index (χ4v) is 1.85. The van der Waals surface area contributed by atoms with Crippen molar-refractivity contribution in [1.29, 1.82) is 0 Å². The van der Waals surface area contributed by atoms with Crippen LogP contribution in [-0.2, 0) is 6.18 Å². The number of H-pyrrole nitrogens is 1. The van der Waals surface area contributed by atoms with E-state index in [-0.39, 0.29) is 16.0 Å². The Kier molecular flexibility index (Phi) is 3.85. The minimum Gasteiger partial charge on any atom is -0.339 e. The van der Waals surface area contributed by atoms with Crippen molar-refractivity contribution in [2.24, 2.45) is 0 Å². The molecule has 2 aromatic rings. The average molecular weight is 348 g/mol. The zero-order chi connectivity index (χ0) is 14.9. The Hall–Kier alpha value is -1.83. The lowest BCUT2D eigenvalue weighted by atomic mass is 10.1. The summed E-state index contributed by atoms with van der Waals surface area (Å²) in [7, 11) is 0. The highest BCUT2D eigenvalue weighted by Crippen LogP contribution is 2.33. The zero-order valence-corrected chi connectivity index (χ0v) is 11.8. The zero-order valence-electron chi connectivity index (χ0n) is 10.2. The molecule has 0 spiro atoms. The number of anilines is 2. The van der Waals surface area contributed by atoms with E-state index in [0.717, 1.165) is 12.1 Å². The van der Waals surface area contributed by atoms with E-state index in [1.807, 2.05) is 0 Å². The molecule has 0 atom stereocenters. The molecule has 0 aliphatic rings. The lowest BCUT2D eigenvalue weighted by molar-refractivity contribution is -0.137. The highest BCUT2D eigenvalue weighted by Gasteiger charge is 2.30. The van der Waals surface area contributed by atoms with Gasteiger partial charge in [0.2, 0.25) is 0 Å². The number of nitrogens with one attached hydrogen (secondary N) is 2. The first kappa shape index (κ1) is 14.6. The van der Waals surface area contributed by atoms with E-state index in [2.05, 4.69) is 31.2 Å². The molecule has 20 heavy (non-hydrogen) atoms. The first-order valence-corrected chi connectivity index (χ1v) is 6.26. The van der Waals surface area contributed by atoms with Crippen molar-refractivity contribution >= 4 is 27.4 Å². The fourth-order valence-electron chi connectivity index (χ4n) is 1.53. The maximum Gasteiger partial charge on any atom is 0.416 e. The van der Waals surface area contributed by atoms with Crippen LogP contribution in [0.3, 0.4) is 0 Å². The minimum atomic E-state index is -4.43. The number of aromatic nitrogens is 2. The van der Waals surface area contributed by atoms with Crippen LogP contribution >= 0.6 is 15.9 Å². The van der Waals surface area contributed by atoms with Gasteiger partial charge in [-0.15, -0.1) is 0 Å². The van der Waals surface area contributed by atoms with Crippen LogP contribution in [0.5, 0.6) is 0 Å². The van der Waals surface area contributed by atoms with Gasteiger partial charge in [-0.25, -0.2) is 4.98 Å².